The summed E-state index contributed by atoms with van der Waals surface area (Å²) in [5, 5.41) is 2.70. The molecule has 0 radical (unpaired) electrons. The molecular weight excluding hydrogens is 377 g/mol. The van der Waals surface area contributed by atoms with Crippen LogP contribution in [0.4, 0.5) is 20.6 Å². The van der Waals surface area contributed by atoms with Gasteiger partial charge in [0.1, 0.15) is 5.75 Å². The van der Waals surface area contributed by atoms with Gasteiger partial charge in [-0.2, -0.15) is 0 Å². The number of rotatable bonds is 3. The fourth-order valence-corrected chi connectivity index (χ4v) is 4.19. The number of urea groups is 1. The topological polar surface area (TPSA) is 71.1 Å². The quantitative estimate of drug-likeness (QED) is 0.861. The molecule has 1 atom stereocenters. The maximum atomic E-state index is 13.9. The molecule has 2 aromatic rings. The molecule has 1 spiro atoms. The van der Waals surface area contributed by atoms with Crippen LogP contribution < -0.4 is 19.7 Å². The maximum absolute atomic E-state index is 13.9. The van der Waals surface area contributed by atoms with E-state index < -0.39 is 11.2 Å². The largest absolute Gasteiger partial charge is 0.497 e. The summed E-state index contributed by atoms with van der Waals surface area (Å²) in [6.45, 7) is 0.668. The molecule has 2 aromatic carbocycles. The van der Waals surface area contributed by atoms with E-state index in [2.05, 4.69) is 5.32 Å². The lowest BCUT2D eigenvalue weighted by Crippen LogP contribution is -2.42. The van der Waals surface area contributed by atoms with Crippen LogP contribution in [0.3, 0.4) is 0 Å². The van der Waals surface area contributed by atoms with E-state index in [1.807, 2.05) is 18.2 Å². The molecule has 2 heterocycles. The minimum absolute atomic E-state index is 0.0356. The van der Waals surface area contributed by atoms with Crippen molar-refractivity contribution < 1.29 is 23.5 Å². The molecule has 0 saturated carbocycles. The van der Waals surface area contributed by atoms with Crippen LogP contribution in [0.2, 0.25) is 0 Å². The van der Waals surface area contributed by atoms with Crippen molar-refractivity contribution in [1.82, 2.24) is 4.90 Å². The van der Waals surface area contributed by atoms with Gasteiger partial charge in [-0.3, -0.25) is 4.79 Å². The summed E-state index contributed by atoms with van der Waals surface area (Å²) in [5.41, 5.74) is 1.23. The first-order valence-electron chi connectivity index (χ1n) is 9.26. The second kappa shape index (κ2) is 6.95. The van der Waals surface area contributed by atoms with E-state index in [1.54, 1.807) is 30.0 Å². The zero-order chi connectivity index (χ0) is 20.8. The van der Waals surface area contributed by atoms with Crippen molar-refractivity contribution in [3.05, 3.63) is 47.8 Å². The van der Waals surface area contributed by atoms with Crippen LogP contribution in [0.1, 0.15) is 12.0 Å². The molecule has 2 aliphatic heterocycles. The van der Waals surface area contributed by atoms with Gasteiger partial charge in [-0.25, -0.2) is 9.18 Å². The molecule has 1 saturated heterocycles. The number of hydrogen-bond donors (Lipinski definition) is 1. The molecule has 4 rings (SSSR count). The summed E-state index contributed by atoms with van der Waals surface area (Å²) < 4.78 is 24.1. The predicted octanol–water partition coefficient (Wildman–Crippen LogP) is 2.99. The minimum atomic E-state index is -0.791. The highest BCUT2D eigenvalue weighted by molar-refractivity contribution is 6.09. The molecule has 0 aliphatic carbocycles. The van der Waals surface area contributed by atoms with Gasteiger partial charge in [0.15, 0.2) is 11.6 Å². The first kappa shape index (κ1) is 19.0. The van der Waals surface area contributed by atoms with Crippen LogP contribution >= 0.6 is 0 Å². The molecule has 3 amide bonds. The maximum Gasteiger partial charge on any atom is 0.321 e. The number of hydrogen-bond acceptors (Lipinski definition) is 4. The van der Waals surface area contributed by atoms with Gasteiger partial charge < -0.3 is 24.6 Å². The number of likely N-dealkylation sites (tertiary alicyclic amines) is 1. The van der Waals surface area contributed by atoms with Gasteiger partial charge in [-0.05, 0) is 42.3 Å². The van der Waals surface area contributed by atoms with Crippen LogP contribution in [0, 0.1) is 5.82 Å². The fraction of sp³-hybridized carbons (Fsp3) is 0.333. The van der Waals surface area contributed by atoms with E-state index in [9.17, 15) is 14.0 Å². The summed E-state index contributed by atoms with van der Waals surface area (Å²) in [6, 6.07) is 9.41. The van der Waals surface area contributed by atoms with Gasteiger partial charge in [0.25, 0.3) is 0 Å². The summed E-state index contributed by atoms with van der Waals surface area (Å²) in [6.07, 6.45) is 0.515. The summed E-state index contributed by atoms with van der Waals surface area (Å²) in [5.74, 6) is 0.180. The molecule has 0 aromatic heterocycles. The highest BCUT2D eigenvalue weighted by Gasteiger charge is 2.54. The summed E-state index contributed by atoms with van der Waals surface area (Å²) in [4.78, 5) is 29.1. The first-order chi connectivity index (χ1) is 13.9. The molecule has 0 bridgehead atoms. The molecule has 1 N–H and O–H groups in total. The van der Waals surface area contributed by atoms with Crippen molar-refractivity contribution in [1.29, 1.82) is 0 Å². The SMILES string of the molecule is COc1ccc2c(c1)C1(CCN(C(=O)Nc3ccc(OC)c(F)c3)C1)C(=O)N2C. The minimum Gasteiger partial charge on any atom is -0.497 e. The third-order valence-electron chi connectivity index (χ3n) is 5.75. The Morgan fingerprint density at radius 1 is 1.17 bits per heavy atom. The molecule has 152 valence electrons. The molecule has 8 heteroatoms. The van der Waals surface area contributed by atoms with Crippen LogP contribution in [0.15, 0.2) is 36.4 Å². The number of nitrogens with zero attached hydrogens (tertiary/aromatic N) is 2. The number of anilines is 2. The van der Waals surface area contributed by atoms with E-state index >= 15 is 0 Å². The Labute approximate surface area is 168 Å². The zero-order valence-corrected chi connectivity index (χ0v) is 16.5. The second-order valence-electron chi connectivity index (χ2n) is 7.28. The number of amides is 3. The van der Waals surface area contributed by atoms with Gasteiger partial charge in [0, 0.05) is 37.6 Å². The van der Waals surface area contributed by atoms with Crippen molar-refractivity contribution in [3.63, 3.8) is 0 Å². The molecule has 1 unspecified atom stereocenters. The lowest BCUT2D eigenvalue weighted by atomic mass is 9.81. The smallest absolute Gasteiger partial charge is 0.321 e. The fourth-order valence-electron chi connectivity index (χ4n) is 4.19. The molecule has 29 heavy (non-hydrogen) atoms. The number of carbonyl (C=O) groups is 2. The number of ether oxygens (including phenoxy) is 2. The number of methoxy groups -OCH3 is 2. The number of carbonyl (C=O) groups excluding carboxylic acids is 2. The van der Waals surface area contributed by atoms with E-state index in [0.29, 0.717) is 24.4 Å². The van der Waals surface area contributed by atoms with E-state index in [4.69, 9.17) is 9.47 Å². The van der Waals surface area contributed by atoms with Crippen molar-refractivity contribution >= 4 is 23.3 Å². The third kappa shape index (κ3) is 2.95. The first-order valence-corrected chi connectivity index (χ1v) is 9.26. The second-order valence-corrected chi connectivity index (χ2v) is 7.28. The Morgan fingerprint density at radius 3 is 2.66 bits per heavy atom. The molecule has 7 nitrogen and oxygen atoms in total. The summed E-state index contributed by atoms with van der Waals surface area (Å²) >= 11 is 0. The van der Waals surface area contributed by atoms with E-state index in [0.717, 1.165) is 11.3 Å². The number of nitrogens with one attached hydrogen (secondary N) is 1. The zero-order valence-electron chi connectivity index (χ0n) is 16.5. The number of fused-ring (bicyclic) bond motifs is 2. The normalized spacial score (nSPS) is 20.2. The van der Waals surface area contributed by atoms with Crippen LogP contribution in [-0.2, 0) is 10.2 Å². The van der Waals surface area contributed by atoms with Gasteiger partial charge in [0.05, 0.1) is 19.6 Å². The lowest BCUT2D eigenvalue weighted by molar-refractivity contribution is -0.122. The van der Waals surface area contributed by atoms with Crippen molar-refractivity contribution in [2.75, 3.05) is 44.6 Å². The third-order valence-corrected chi connectivity index (χ3v) is 5.75. The van der Waals surface area contributed by atoms with Crippen molar-refractivity contribution in [2.24, 2.45) is 0 Å². The van der Waals surface area contributed by atoms with Crippen molar-refractivity contribution in [3.8, 4) is 11.5 Å². The predicted molar refractivity (Wildman–Crippen MR) is 106 cm³/mol. The molecule has 2 aliphatic rings. The average molecular weight is 399 g/mol. The Morgan fingerprint density at radius 2 is 1.97 bits per heavy atom. The monoisotopic (exact) mass is 399 g/mol. The van der Waals surface area contributed by atoms with Crippen LogP contribution in [-0.4, -0.2) is 51.2 Å². The standard InChI is InChI=1S/C21H22FN3O4/c1-24-17-6-5-14(28-2)11-15(17)21(19(24)26)8-9-25(12-21)20(27)23-13-4-7-18(29-3)16(22)10-13/h4-7,10-11H,8-9,12H2,1-3H3,(H,23,27). The highest BCUT2D eigenvalue weighted by Crippen LogP contribution is 2.48. The van der Waals surface area contributed by atoms with E-state index in [-0.39, 0.29) is 24.2 Å². The van der Waals surface area contributed by atoms with Crippen molar-refractivity contribution in [2.45, 2.75) is 11.8 Å². The average Bonchev–Trinajstić information content (AvgIpc) is 3.26. The summed E-state index contributed by atoms with van der Waals surface area (Å²) in [7, 11) is 4.70. The Kier molecular flexibility index (Phi) is 4.56. The van der Waals surface area contributed by atoms with Crippen LogP contribution in [0.25, 0.3) is 0 Å². The van der Waals surface area contributed by atoms with E-state index in [1.165, 1.54) is 19.2 Å². The van der Waals surface area contributed by atoms with Gasteiger partial charge in [-0.15, -0.1) is 0 Å². The lowest BCUT2D eigenvalue weighted by Gasteiger charge is -2.24. The number of benzene rings is 2. The molecular formula is C21H22FN3O4. The highest BCUT2D eigenvalue weighted by atomic mass is 19.1. The molecule has 1 fully saturated rings. The number of likely N-dealkylation sites (N-methyl/N-ethyl adjacent to an activating group) is 1. The Hall–Kier alpha value is -3.29. The van der Waals surface area contributed by atoms with Crippen LogP contribution in [0.5, 0.6) is 11.5 Å². The number of halogens is 1. The Balaban J connectivity index is 1.56. The van der Waals surface area contributed by atoms with Gasteiger partial charge in [0.2, 0.25) is 5.91 Å². The van der Waals surface area contributed by atoms with Gasteiger partial charge in [-0.1, -0.05) is 0 Å². The van der Waals surface area contributed by atoms with Gasteiger partial charge >= 0.3 is 6.03 Å². The Bertz CT molecular complexity index is 996.